The van der Waals surface area contributed by atoms with Gasteiger partial charge in [-0.1, -0.05) is 12.1 Å². The van der Waals surface area contributed by atoms with Gasteiger partial charge in [0.1, 0.15) is 5.69 Å². The first kappa shape index (κ1) is 15.9. The second kappa shape index (κ2) is 5.91. The summed E-state index contributed by atoms with van der Waals surface area (Å²) in [6.07, 6.45) is 0. The van der Waals surface area contributed by atoms with Crippen molar-refractivity contribution >= 4 is 17.5 Å². The van der Waals surface area contributed by atoms with Crippen LogP contribution in [0.5, 0.6) is 0 Å². The molecule has 0 fully saturated rings. The van der Waals surface area contributed by atoms with Gasteiger partial charge in [0.2, 0.25) is 11.6 Å². The maximum atomic E-state index is 13.5. The summed E-state index contributed by atoms with van der Waals surface area (Å²) in [5, 5.41) is 2.14. The minimum atomic E-state index is -1.79. The molecule has 124 valence electrons. The highest BCUT2D eigenvalue weighted by Gasteiger charge is 2.34. The SMILES string of the molecule is O=C1c2ccccc2C(=O)N1CCNc1c(F)c(F)nc(F)c1F. The smallest absolute Gasteiger partial charge is 0.261 e. The highest BCUT2D eigenvalue weighted by atomic mass is 19.2. The maximum Gasteiger partial charge on any atom is 0.261 e. The number of nitrogens with zero attached hydrogens (tertiary/aromatic N) is 2. The van der Waals surface area contributed by atoms with Gasteiger partial charge in [0.05, 0.1) is 11.1 Å². The van der Waals surface area contributed by atoms with E-state index in [0.717, 1.165) is 4.90 Å². The minimum Gasteiger partial charge on any atom is -0.378 e. The molecule has 24 heavy (non-hydrogen) atoms. The molecular formula is C15H9F4N3O2. The summed E-state index contributed by atoms with van der Waals surface area (Å²) in [4.78, 5) is 27.5. The number of rotatable bonds is 4. The van der Waals surface area contributed by atoms with Gasteiger partial charge in [-0.2, -0.15) is 22.5 Å². The molecule has 0 saturated carbocycles. The third kappa shape index (κ3) is 2.47. The van der Waals surface area contributed by atoms with E-state index in [-0.39, 0.29) is 24.2 Å². The van der Waals surface area contributed by atoms with Gasteiger partial charge in [-0.25, -0.2) is 0 Å². The fraction of sp³-hybridized carbons (Fsp3) is 0.133. The maximum absolute atomic E-state index is 13.5. The Morgan fingerprint density at radius 2 is 1.42 bits per heavy atom. The average molecular weight is 339 g/mol. The van der Waals surface area contributed by atoms with Crippen LogP contribution in [0.15, 0.2) is 24.3 Å². The van der Waals surface area contributed by atoms with Gasteiger partial charge in [0.15, 0.2) is 0 Å². The van der Waals surface area contributed by atoms with Crippen LogP contribution >= 0.6 is 0 Å². The van der Waals surface area contributed by atoms with Gasteiger partial charge >= 0.3 is 0 Å². The summed E-state index contributed by atoms with van der Waals surface area (Å²) in [5.74, 6) is -8.06. The number of amides is 2. The van der Waals surface area contributed by atoms with Crippen molar-refractivity contribution in [2.75, 3.05) is 18.4 Å². The van der Waals surface area contributed by atoms with Crippen molar-refractivity contribution in [2.24, 2.45) is 0 Å². The van der Waals surface area contributed by atoms with Crippen molar-refractivity contribution in [1.82, 2.24) is 9.88 Å². The molecule has 1 aliphatic rings. The number of fused-ring (bicyclic) bond motifs is 1. The molecular weight excluding hydrogens is 330 g/mol. The van der Waals surface area contributed by atoms with Crippen LogP contribution in [0.3, 0.4) is 0 Å². The second-order valence-electron chi connectivity index (χ2n) is 4.93. The molecule has 0 spiro atoms. The van der Waals surface area contributed by atoms with Crippen molar-refractivity contribution in [3.63, 3.8) is 0 Å². The molecule has 0 atom stereocenters. The quantitative estimate of drug-likeness (QED) is 0.528. The Morgan fingerprint density at radius 3 is 1.92 bits per heavy atom. The van der Waals surface area contributed by atoms with Gasteiger partial charge < -0.3 is 5.32 Å². The Bertz CT molecular complexity index is 796. The van der Waals surface area contributed by atoms with Gasteiger partial charge in [-0.3, -0.25) is 14.5 Å². The molecule has 1 aromatic heterocycles. The van der Waals surface area contributed by atoms with Crippen molar-refractivity contribution < 1.29 is 27.2 Å². The number of hydrogen-bond donors (Lipinski definition) is 1. The lowest BCUT2D eigenvalue weighted by Crippen LogP contribution is -2.34. The zero-order valence-corrected chi connectivity index (χ0v) is 11.9. The van der Waals surface area contributed by atoms with Crippen LogP contribution in [-0.4, -0.2) is 34.8 Å². The lowest BCUT2D eigenvalue weighted by molar-refractivity contribution is 0.0660. The van der Waals surface area contributed by atoms with Crippen LogP contribution in [0.1, 0.15) is 20.7 Å². The molecule has 0 bridgehead atoms. The Kier molecular flexibility index (Phi) is 3.92. The van der Waals surface area contributed by atoms with E-state index >= 15 is 0 Å². The number of pyridine rings is 1. The summed E-state index contributed by atoms with van der Waals surface area (Å²) in [6.45, 7) is -0.543. The standard InChI is InChI=1S/C15H9F4N3O2/c16-9-11(10(17)13(19)21-12(9)18)20-5-6-22-14(23)7-3-1-2-4-8(7)15(22)24/h1-4H,5-6H2,(H,20,21). The lowest BCUT2D eigenvalue weighted by atomic mass is 10.1. The van der Waals surface area contributed by atoms with Crippen molar-refractivity contribution in [2.45, 2.75) is 0 Å². The molecule has 1 aromatic carbocycles. The summed E-state index contributed by atoms with van der Waals surface area (Å²) in [5.41, 5.74) is -0.599. The summed E-state index contributed by atoms with van der Waals surface area (Å²) in [7, 11) is 0. The van der Waals surface area contributed by atoms with Crippen molar-refractivity contribution in [3.8, 4) is 0 Å². The number of aromatic nitrogens is 1. The van der Waals surface area contributed by atoms with Crippen LogP contribution in [0.25, 0.3) is 0 Å². The highest BCUT2D eigenvalue weighted by Crippen LogP contribution is 2.24. The first-order valence-electron chi connectivity index (χ1n) is 6.81. The molecule has 0 saturated heterocycles. The van der Waals surface area contributed by atoms with E-state index < -0.39 is 41.0 Å². The van der Waals surface area contributed by atoms with Crippen molar-refractivity contribution in [1.29, 1.82) is 0 Å². The predicted octanol–water partition coefficient (Wildman–Crippen LogP) is 2.35. The average Bonchev–Trinajstić information content (AvgIpc) is 2.81. The zero-order chi connectivity index (χ0) is 17.4. The van der Waals surface area contributed by atoms with E-state index in [0.29, 0.717) is 0 Å². The molecule has 1 aliphatic heterocycles. The normalized spacial score (nSPS) is 13.4. The monoisotopic (exact) mass is 339 g/mol. The van der Waals surface area contributed by atoms with E-state index in [9.17, 15) is 27.2 Å². The van der Waals surface area contributed by atoms with Crippen LogP contribution in [0.4, 0.5) is 23.2 Å². The molecule has 2 amide bonds. The number of imide groups is 1. The van der Waals surface area contributed by atoms with Gasteiger partial charge in [0, 0.05) is 13.1 Å². The molecule has 2 heterocycles. The lowest BCUT2D eigenvalue weighted by Gasteiger charge is -2.15. The molecule has 3 rings (SSSR count). The van der Waals surface area contributed by atoms with Crippen LogP contribution < -0.4 is 5.32 Å². The molecule has 5 nitrogen and oxygen atoms in total. The van der Waals surface area contributed by atoms with E-state index in [4.69, 9.17) is 0 Å². The number of carbonyl (C=O) groups is 2. The first-order chi connectivity index (χ1) is 11.4. The number of nitrogens with one attached hydrogen (secondary N) is 1. The Hall–Kier alpha value is -2.97. The second-order valence-corrected chi connectivity index (χ2v) is 4.93. The Morgan fingerprint density at radius 1 is 0.917 bits per heavy atom. The Labute approximate surface area is 132 Å². The molecule has 0 radical (unpaired) electrons. The van der Waals surface area contributed by atoms with Crippen LogP contribution in [0, 0.1) is 23.5 Å². The largest absolute Gasteiger partial charge is 0.378 e. The van der Waals surface area contributed by atoms with Gasteiger partial charge in [-0.05, 0) is 12.1 Å². The van der Waals surface area contributed by atoms with Crippen LogP contribution in [0.2, 0.25) is 0 Å². The highest BCUT2D eigenvalue weighted by molar-refractivity contribution is 6.21. The first-order valence-corrected chi connectivity index (χ1v) is 6.81. The van der Waals surface area contributed by atoms with Crippen LogP contribution in [-0.2, 0) is 0 Å². The topological polar surface area (TPSA) is 62.3 Å². The number of benzene rings is 1. The third-order valence-corrected chi connectivity index (χ3v) is 3.51. The molecule has 0 aliphatic carbocycles. The summed E-state index contributed by atoms with van der Waals surface area (Å²) < 4.78 is 52.9. The summed E-state index contributed by atoms with van der Waals surface area (Å²) >= 11 is 0. The molecule has 9 heteroatoms. The number of carbonyl (C=O) groups excluding carboxylic acids is 2. The van der Waals surface area contributed by atoms with E-state index in [2.05, 4.69) is 10.3 Å². The molecule has 1 N–H and O–H groups in total. The molecule has 2 aromatic rings. The predicted molar refractivity (Wildman–Crippen MR) is 74.4 cm³/mol. The fourth-order valence-corrected chi connectivity index (χ4v) is 2.38. The third-order valence-electron chi connectivity index (χ3n) is 3.51. The van der Waals surface area contributed by atoms with E-state index in [1.165, 1.54) is 12.1 Å². The zero-order valence-electron chi connectivity index (χ0n) is 11.9. The fourth-order valence-electron chi connectivity index (χ4n) is 2.38. The van der Waals surface area contributed by atoms with Gasteiger partial charge in [-0.15, -0.1) is 0 Å². The number of halogens is 4. The van der Waals surface area contributed by atoms with Gasteiger partial charge in [0.25, 0.3) is 23.7 Å². The number of anilines is 1. The number of hydrogen-bond acceptors (Lipinski definition) is 4. The summed E-state index contributed by atoms with van der Waals surface area (Å²) in [6, 6.07) is 6.16. The molecule has 0 unspecified atom stereocenters. The Balaban J connectivity index is 1.73. The van der Waals surface area contributed by atoms with Crippen molar-refractivity contribution in [3.05, 3.63) is 58.9 Å². The van der Waals surface area contributed by atoms with E-state index in [1.807, 2.05) is 0 Å². The minimum absolute atomic E-state index is 0.223. The van der Waals surface area contributed by atoms with E-state index in [1.54, 1.807) is 12.1 Å².